The summed E-state index contributed by atoms with van der Waals surface area (Å²) in [7, 11) is 0. The Kier molecular flexibility index (Phi) is 1.65. The number of aldehydes is 1. The molecule has 0 unspecified atom stereocenters. The Labute approximate surface area is 76.4 Å². The standard InChI is InChI=1S/C7H4BrN3O/c8-6-1-5(3-12)11-7(6)2-9-4-10-11/h1-4H. The van der Waals surface area contributed by atoms with Crippen LogP contribution in [0.15, 0.2) is 23.1 Å². The second-order valence-electron chi connectivity index (χ2n) is 2.24. The topological polar surface area (TPSA) is 47.3 Å². The number of rotatable bonds is 1. The molecule has 12 heavy (non-hydrogen) atoms. The Morgan fingerprint density at radius 1 is 1.58 bits per heavy atom. The van der Waals surface area contributed by atoms with E-state index in [2.05, 4.69) is 26.0 Å². The Balaban J connectivity index is 2.91. The van der Waals surface area contributed by atoms with Crippen LogP contribution < -0.4 is 0 Å². The number of carbonyl (C=O) groups excluding carboxylic acids is 1. The molecule has 0 saturated heterocycles. The monoisotopic (exact) mass is 225 g/mol. The van der Waals surface area contributed by atoms with Crippen LogP contribution in [0.5, 0.6) is 0 Å². The molecule has 0 aromatic carbocycles. The SMILES string of the molecule is O=Cc1cc(Br)c2cncnn12. The van der Waals surface area contributed by atoms with Gasteiger partial charge in [-0.1, -0.05) is 0 Å². The summed E-state index contributed by atoms with van der Waals surface area (Å²) in [6.45, 7) is 0. The highest BCUT2D eigenvalue weighted by Crippen LogP contribution is 2.19. The molecule has 2 rings (SSSR count). The van der Waals surface area contributed by atoms with E-state index in [4.69, 9.17) is 0 Å². The highest BCUT2D eigenvalue weighted by molar-refractivity contribution is 9.10. The summed E-state index contributed by atoms with van der Waals surface area (Å²) >= 11 is 3.30. The van der Waals surface area contributed by atoms with E-state index >= 15 is 0 Å². The molecular formula is C7H4BrN3O. The van der Waals surface area contributed by atoms with Crippen LogP contribution in [0.2, 0.25) is 0 Å². The van der Waals surface area contributed by atoms with E-state index in [1.807, 2.05) is 0 Å². The van der Waals surface area contributed by atoms with Crippen molar-refractivity contribution in [3.63, 3.8) is 0 Å². The van der Waals surface area contributed by atoms with Crippen LogP contribution in [0.4, 0.5) is 0 Å². The molecular weight excluding hydrogens is 222 g/mol. The molecule has 2 heterocycles. The molecule has 2 aromatic heterocycles. The molecule has 0 amide bonds. The van der Waals surface area contributed by atoms with Gasteiger partial charge in [0.2, 0.25) is 0 Å². The van der Waals surface area contributed by atoms with Crippen molar-refractivity contribution in [3.05, 3.63) is 28.8 Å². The molecule has 4 nitrogen and oxygen atoms in total. The average Bonchev–Trinajstić information content (AvgIpc) is 2.44. The molecule has 0 aliphatic rings. The first-order valence-electron chi connectivity index (χ1n) is 3.25. The number of hydrogen-bond acceptors (Lipinski definition) is 3. The van der Waals surface area contributed by atoms with Crippen LogP contribution in [0.25, 0.3) is 5.52 Å². The Morgan fingerprint density at radius 2 is 2.42 bits per heavy atom. The summed E-state index contributed by atoms with van der Waals surface area (Å²) in [6, 6.07) is 1.71. The number of aromatic nitrogens is 3. The molecule has 2 aromatic rings. The number of halogens is 1. The minimum Gasteiger partial charge on any atom is -0.296 e. The smallest absolute Gasteiger partial charge is 0.168 e. The van der Waals surface area contributed by atoms with Crippen molar-refractivity contribution in [3.8, 4) is 0 Å². The van der Waals surface area contributed by atoms with Gasteiger partial charge >= 0.3 is 0 Å². The fraction of sp³-hybridized carbons (Fsp3) is 0. The first kappa shape index (κ1) is 7.42. The summed E-state index contributed by atoms with van der Waals surface area (Å²) in [6.07, 6.45) is 3.79. The molecule has 0 fully saturated rings. The Morgan fingerprint density at radius 3 is 3.17 bits per heavy atom. The third kappa shape index (κ3) is 0.937. The van der Waals surface area contributed by atoms with Gasteiger partial charge in [0.05, 0.1) is 11.7 Å². The second kappa shape index (κ2) is 2.67. The largest absolute Gasteiger partial charge is 0.296 e. The van der Waals surface area contributed by atoms with Crippen LogP contribution in [-0.2, 0) is 0 Å². The van der Waals surface area contributed by atoms with Crippen LogP contribution >= 0.6 is 15.9 Å². The van der Waals surface area contributed by atoms with E-state index in [1.165, 1.54) is 10.8 Å². The normalized spacial score (nSPS) is 10.4. The molecule has 0 aliphatic heterocycles. The van der Waals surface area contributed by atoms with Crippen molar-refractivity contribution in [1.29, 1.82) is 0 Å². The summed E-state index contributed by atoms with van der Waals surface area (Å²) in [5, 5.41) is 3.92. The quantitative estimate of drug-likeness (QED) is 0.688. The van der Waals surface area contributed by atoms with Crippen molar-refractivity contribution in [2.45, 2.75) is 0 Å². The Bertz CT molecular complexity index is 437. The molecule has 60 valence electrons. The average molecular weight is 226 g/mol. The zero-order valence-corrected chi connectivity index (χ0v) is 7.52. The minimum atomic E-state index is 0.513. The molecule has 0 aliphatic carbocycles. The van der Waals surface area contributed by atoms with Gasteiger partial charge in [-0.25, -0.2) is 9.50 Å². The number of hydrogen-bond donors (Lipinski definition) is 0. The maximum atomic E-state index is 10.5. The van der Waals surface area contributed by atoms with E-state index in [1.54, 1.807) is 12.3 Å². The lowest BCUT2D eigenvalue weighted by molar-refractivity contribution is 0.111. The van der Waals surface area contributed by atoms with Crippen LogP contribution in [-0.4, -0.2) is 20.9 Å². The van der Waals surface area contributed by atoms with Crippen molar-refractivity contribution < 1.29 is 4.79 Å². The highest BCUT2D eigenvalue weighted by atomic mass is 79.9. The van der Waals surface area contributed by atoms with Gasteiger partial charge in [0, 0.05) is 4.47 Å². The zero-order chi connectivity index (χ0) is 8.55. The van der Waals surface area contributed by atoms with Crippen molar-refractivity contribution in [2.75, 3.05) is 0 Å². The van der Waals surface area contributed by atoms with Gasteiger partial charge in [0.15, 0.2) is 6.29 Å². The molecule has 0 spiro atoms. The van der Waals surface area contributed by atoms with Crippen LogP contribution in [0.3, 0.4) is 0 Å². The third-order valence-electron chi connectivity index (χ3n) is 1.54. The molecule has 0 radical (unpaired) electrons. The molecule has 0 atom stereocenters. The lowest BCUT2D eigenvalue weighted by atomic mass is 10.5. The second-order valence-corrected chi connectivity index (χ2v) is 3.10. The third-order valence-corrected chi connectivity index (χ3v) is 2.18. The summed E-state index contributed by atoms with van der Waals surface area (Å²) in [4.78, 5) is 14.4. The van der Waals surface area contributed by atoms with Gasteiger partial charge in [-0.2, -0.15) is 5.10 Å². The van der Waals surface area contributed by atoms with Crippen LogP contribution in [0, 0.1) is 0 Å². The minimum absolute atomic E-state index is 0.513. The molecule has 0 bridgehead atoms. The molecule has 0 saturated carbocycles. The fourth-order valence-corrected chi connectivity index (χ4v) is 1.52. The van der Waals surface area contributed by atoms with E-state index in [9.17, 15) is 4.79 Å². The van der Waals surface area contributed by atoms with Crippen molar-refractivity contribution in [1.82, 2.24) is 14.6 Å². The fourth-order valence-electron chi connectivity index (χ4n) is 1.02. The summed E-state index contributed by atoms with van der Waals surface area (Å²) in [5.74, 6) is 0. The predicted octanol–water partition coefficient (Wildman–Crippen LogP) is 1.30. The highest BCUT2D eigenvalue weighted by Gasteiger charge is 2.05. The van der Waals surface area contributed by atoms with Gasteiger partial charge in [0.1, 0.15) is 12.0 Å². The predicted molar refractivity (Wildman–Crippen MR) is 46.1 cm³/mol. The van der Waals surface area contributed by atoms with Crippen molar-refractivity contribution >= 4 is 27.7 Å². The number of carbonyl (C=O) groups is 1. The zero-order valence-electron chi connectivity index (χ0n) is 5.94. The molecule has 5 heteroatoms. The van der Waals surface area contributed by atoms with E-state index in [0.29, 0.717) is 5.69 Å². The lowest BCUT2D eigenvalue weighted by Crippen LogP contribution is -1.95. The Hall–Kier alpha value is -1.23. The first-order valence-corrected chi connectivity index (χ1v) is 4.04. The number of fused-ring (bicyclic) bond motifs is 1. The number of nitrogens with zero attached hydrogens (tertiary/aromatic N) is 3. The van der Waals surface area contributed by atoms with Gasteiger partial charge in [-0.3, -0.25) is 4.79 Å². The van der Waals surface area contributed by atoms with Crippen LogP contribution in [0.1, 0.15) is 10.5 Å². The van der Waals surface area contributed by atoms with Gasteiger partial charge in [0.25, 0.3) is 0 Å². The summed E-state index contributed by atoms with van der Waals surface area (Å²) < 4.78 is 2.36. The van der Waals surface area contributed by atoms with Crippen molar-refractivity contribution in [2.24, 2.45) is 0 Å². The van der Waals surface area contributed by atoms with E-state index in [0.717, 1.165) is 16.3 Å². The lowest BCUT2D eigenvalue weighted by Gasteiger charge is -1.91. The molecule has 0 N–H and O–H groups in total. The van der Waals surface area contributed by atoms with Gasteiger partial charge < -0.3 is 0 Å². The van der Waals surface area contributed by atoms with E-state index in [-0.39, 0.29) is 0 Å². The maximum Gasteiger partial charge on any atom is 0.168 e. The first-order chi connectivity index (χ1) is 5.83. The summed E-state index contributed by atoms with van der Waals surface area (Å²) in [5.41, 5.74) is 1.30. The van der Waals surface area contributed by atoms with E-state index < -0.39 is 0 Å². The maximum absolute atomic E-state index is 10.5. The van der Waals surface area contributed by atoms with Gasteiger partial charge in [-0.15, -0.1) is 0 Å². The van der Waals surface area contributed by atoms with Gasteiger partial charge in [-0.05, 0) is 22.0 Å².